The Balaban J connectivity index is 2.49. The molecule has 0 aromatic heterocycles. The molecule has 0 unspecified atom stereocenters. The van der Waals surface area contributed by atoms with Gasteiger partial charge in [-0.1, -0.05) is 30.3 Å². The van der Waals surface area contributed by atoms with Crippen LogP contribution in [0, 0.1) is 11.3 Å². The molecule has 2 aromatic carbocycles. The number of carbonyl (C=O) groups is 1. The minimum atomic E-state index is -4.08. The van der Waals surface area contributed by atoms with Crippen molar-refractivity contribution >= 4 is 21.7 Å². The average Bonchev–Trinajstić information content (AvgIpc) is 2.47. The van der Waals surface area contributed by atoms with Gasteiger partial charge in [0.1, 0.15) is 11.0 Å². The van der Waals surface area contributed by atoms with Crippen molar-refractivity contribution in [2.75, 3.05) is 4.72 Å². The van der Waals surface area contributed by atoms with E-state index in [4.69, 9.17) is 5.26 Å². The van der Waals surface area contributed by atoms with Crippen LogP contribution < -0.4 is 9.83 Å². The third-order valence-electron chi connectivity index (χ3n) is 2.69. The Morgan fingerprint density at radius 3 is 2.38 bits per heavy atom. The lowest BCUT2D eigenvalue weighted by Gasteiger charge is -2.13. The van der Waals surface area contributed by atoms with Crippen molar-refractivity contribution in [3.63, 3.8) is 0 Å². The van der Waals surface area contributed by atoms with Gasteiger partial charge >= 0.3 is 0 Å². The lowest BCUT2D eigenvalue weighted by atomic mass is 10.2. The number of hydrogen-bond donors (Lipinski definition) is 1. The molecule has 0 aliphatic carbocycles. The summed E-state index contributed by atoms with van der Waals surface area (Å²) < 4.78 is 26.7. The zero-order valence-electron chi connectivity index (χ0n) is 10.6. The van der Waals surface area contributed by atoms with E-state index in [2.05, 4.69) is 4.72 Å². The minimum Gasteiger partial charge on any atom is -0.545 e. The second-order valence-electron chi connectivity index (χ2n) is 4.05. The summed E-state index contributed by atoms with van der Waals surface area (Å²) in [6, 6.07) is 12.9. The zero-order valence-corrected chi connectivity index (χ0v) is 11.4. The first kappa shape index (κ1) is 14.6. The average molecular weight is 301 g/mol. The number of aromatic carboxylic acids is 1. The molecule has 0 bridgehead atoms. The number of sulfonamides is 1. The fraction of sp³-hybridized carbons (Fsp3) is 0. The molecule has 0 aliphatic rings. The van der Waals surface area contributed by atoms with Crippen molar-refractivity contribution in [1.29, 1.82) is 5.26 Å². The van der Waals surface area contributed by atoms with Gasteiger partial charge in [0.15, 0.2) is 0 Å². The van der Waals surface area contributed by atoms with E-state index < -0.39 is 16.0 Å². The fourth-order valence-corrected chi connectivity index (χ4v) is 2.98. The first-order valence-corrected chi connectivity index (χ1v) is 7.26. The molecule has 0 fully saturated rings. The van der Waals surface area contributed by atoms with Crippen molar-refractivity contribution < 1.29 is 18.3 Å². The summed E-state index contributed by atoms with van der Waals surface area (Å²) in [6.07, 6.45) is 0. The van der Waals surface area contributed by atoms with E-state index in [0.29, 0.717) is 0 Å². The number of carboxylic acid groups (broad SMARTS) is 1. The van der Waals surface area contributed by atoms with Gasteiger partial charge in [-0.05, 0) is 18.2 Å². The van der Waals surface area contributed by atoms with Crippen molar-refractivity contribution in [1.82, 2.24) is 0 Å². The van der Waals surface area contributed by atoms with Crippen LogP contribution in [0.1, 0.15) is 15.9 Å². The number of benzene rings is 2. The molecule has 0 aliphatic heterocycles. The van der Waals surface area contributed by atoms with Crippen LogP contribution in [0.25, 0.3) is 0 Å². The summed E-state index contributed by atoms with van der Waals surface area (Å²) in [6.45, 7) is 0. The highest BCUT2D eigenvalue weighted by atomic mass is 32.2. The van der Waals surface area contributed by atoms with Crippen LogP contribution in [-0.4, -0.2) is 14.4 Å². The molecule has 0 saturated heterocycles. The number of para-hydroxylation sites is 1. The molecule has 106 valence electrons. The largest absolute Gasteiger partial charge is 0.545 e. The second kappa shape index (κ2) is 5.64. The Hall–Kier alpha value is -2.85. The number of rotatable bonds is 4. The molecule has 2 rings (SSSR count). The van der Waals surface area contributed by atoms with Crippen molar-refractivity contribution in [3.05, 3.63) is 59.7 Å². The normalized spacial score (nSPS) is 10.6. The SMILES string of the molecule is N#Cc1ccccc1S(=O)(=O)Nc1ccccc1C(=O)[O-]. The van der Waals surface area contributed by atoms with Crippen LogP contribution in [0.4, 0.5) is 5.69 Å². The monoisotopic (exact) mass is 301 g/mol. The van der Waals surface area contributed by atoms with Crippen molar-refractivity contribution in [2.24, 2.45) is 0 Å². The topological polar surface area (TPSA) is 110 Å². The molecule has 0 saturated carbocycles. The van der Waals surface area contributed by atoms with E-state index in [-0.39, 0.29) is 21.7 Å². The summed E-state index contributed by atoms with van der Waals surface area (Å²) in [5.41, 5.74) is -0.434. The highest BCUT2D eigenvalue weighted by molar-refractivity contribution is 7.92. The van der Waals surface area contributed by atoms with Crippen LogP contribution in [0.15, 0.2) is 53.4 Å². The summed E-state index contributed by atoms with van der Waals surface area (Å²) >= 11 is 0. The molecular weight excluding hydrogens is 292 g/mol. The van der Waals surface area contributed by atoms with Crippen molar-refractivity contribution in [3.8, 4) is 6.07 Å². The number of anilines is 1. The summed E-state index contributed by atoms with van der Waals surface area (Å²) in [4.78, 5) is 10.7. The number of nitrogens with one attached hydrogen (secondary N) is 1. The van der Waals surface area contributed by atoms with Crippen LogP contribution >= 0.6 is 0 Å². The number of nitriles is 1. The third kappa shape index (κ3) is 3.01. The number of carboxylic acids is 1. The highest BCUT2D eigenvalue weighted by Gasteiger charge is 2.19. The molecule has 0 heterocycles. The first-order valence-electron chi connectivity index (χ1n) is 5.78. The zero-order chi connectivity index (χ0) is 15.5. The van der Waals surface area contributed by atoms with E-state index >= 15 is 0 Å². The Labute approximate surface area is 121 Å². The third-order valence-corrected chi connectivity index (χ3v) is 4.11. The Morgan fingerprint density at radius 1 is 1.10 bits per heavy atom. The molecule has 1 N–H and O–H groups in total. The smallest absolute Gasteiger partial charge is 0.263 e. The van der Waals surface area contributed by atoms with Crippen molar-refractivity contribution in [2.45, 2.75) is 4.90 Å². The van der Waals surface area contributed by atoms with Crippen LogP contribution in [0.2, 0.25) is 0 Å². The number of nitrogens with zero attached hydrogens (tertiary/aromatic N) is 1. The quantitative estimate of drug-likeness (QED) is 0.894. The van der Waals surface area contributed by atoms with Gasteiger partial charge in [-0.25, -0.2) is 8.42 Å². The molecule has 0 atom stereocenters. The lowest BCUT2D eigenvalue weighted by Crippen LogP contribution is -2.25. The molecule has 0 amide bonds. The van der Waals surface area contributed by atoms with Crippen LogP contribution in [0.5, 0.6) is 0 Å². The Morgan fingerprint density at radius 2 is 1.71 bits per heavy atom. The molecular formula is C14H9N2O4S-. The van der Waals surface area contributed by atoms with E-state index in [1.54, 1.807) is 6.07 Å². The number of carbonyl (C=O) groups excluding carboxylic acids is 1. The predicted octanol–water partition coefficient (Wildman–Crippen LogP) is 0.723. The first-order chi connectivity index (χ1) is 9.95. The van der Waals surface area contributed by atoms with Gasteiger partial charge in [-0.3, -0.25) is 4.72 Å². The van der Waals surface area contributed by atoms with E-state index in [0.717, 1.165) is 0 Å². The minimum absolute atomic E-state index is 0.0315. The predicted molar refractivity (Wildman–Crippen MR) is 72.7 cm³/mol. The maximum Gasteiger partial charge on any atom is 0.263 e. The molecule has 7 heteroatoms. The molecule has 0 radical (unpaired) electrons. The maximum absolute atomic E-state index is 12.3. The van der Waals surface area contributed by atoms with E-state index in [9.17, 15) is 18.3 Å². The summed E-state index contributed by atoms with van der Waals surface area (Å²) in [5.74, 6) is -1.50. The maximum atomic E-state index is 12.3. The molecule has 21 heavy (non-hydrogen) atoms. The Kier molecular flexibility index (Phi) is 3.91. The van der Waals surface area contributed by atoms with E-state index in [1.807, 2.05) is 0 Å². The molecule has 6 nitrogen and oxygen atoms in total. The van der Waals surface area contributed by atoms with Gasteiger partial charge < -0.3 is 9.90 Å². The molecule has 0 spiro atoms. The summed E-state index contributed by atoms with van der Waals surface area (Å²) in [5, 5.41) is 19.9. The van der Waals surface area contributed by atoms with Crippen LogP contribution in [0.3, 0.4) is 0 Å². The van der Waals surface area contributed by atoms with E-state index in [1.165, 1.54) is 48.5 Å². The molecule has 2 aromatic rings. The lowest BCUT2D eigenvalue weighted by molar-refractivity contribution is -0.254. The Bertz CT molecular complexity index is 838. The summed E-state index contributed by atoms with van der Waals surface area (Å²) in [7, 11) is -4.08. The van der Waals surface area contributed by atoms with Gasteiger partial charge in [0.2, 0.25) is 0 Å². The highest BCUT2D eigenvalue weighted by Crippen LogP contribution is 2.21. The number of hydrogen-bond acceptors (Lipinski definition) is 5. The van der Waals surface area contributed by atoms with Gasteiger partial charge in [0.05, 0.1) is 17.2 Å². The fourth-order valence-electron chi connectivity index (χ4n) is 1.74. The standard InChI is InChI=1S/C14H10N2O4S/c15-9-10-5-1-4-8-13(10)21(19,20)16-12-7-3-2-6-11(12)14(17)18/h1-8,16H,(H,17,18)/p-1. The van der Waals surface area contributed by atoms with Crippen LogP contribution in [-0.2, 0) is 10.0 Å². The van der Waals surface area contributed by atoms with Gasteiger partial charge in [-0.15, -0.1) is 0 Å². The second-order valence-corrected chi connectivity index (χ2v) is 5.70. The van der Waals surface area contributed by atoms with Gasteiger partial charge in [-0.2, -0.15) is 5.26 Å². The van der Waals surface area contributed by atoms with Gasteiger partial charge in [0, 0.05) is 5.56 Å². The van der Waals surface area contributed by atoms with Gasteiger partial charge in [0.25, 0.3) is 10.0 Å².